The van der Waals surface area contributed by atoms with Gasteiger partial charge in [-0.15, -0.1) is 0 Å². The van der Waals surface area contributed by atoms with Gasteiger partial charge in [0.1, 0.15) is 0 Å². The van der Waals surface area contributed by atoms with Crippen LogP contribution in [0.4, 0.5) is 5.69 Å². The Morgan fingerprint density at radius 1 is 1.20 bits per heavy atom. The average molecular weight is 352 g/mol. The number of aryl methyl sites for hydroxylation is 2. The minimum atomic E-state index is -0.0102. The maximum atomic E-state index is 12.5. The molecule has 0 spiro atoms. The molecule has 0 saturated carbocycles. The van der Waals surface area contributed by atoms with Crippen molar-refractivity contribution in [2.24, 2.45) is 0 Å². The third kappa shape index (κ3) is 4.65. The molecule has 0 aliphatic heterocycles. The molecule has 1 unspecified atom stereocenters. The van der Waals surface area contributed by atoms with Gasteiger partial charge < -0.3 is 9.80 Å². The van der Waals surface area contributed by atoms with Crippen LogP contribution in [0.1, 0.15) is 31.4 Å². The molecule has 0 fully saturated rings. The largest absolute Gasteiger partial charge is 0.320 e. The average Bonchev–Trinajstić information content (AvgIpc) is 2.34. The Labute approximate surface area is 148 Å². The Hall–Kier alpha value is -0.246. The summed E-state index contributed by atoms with van der Waals surface area (Å²) < 4.78 is 0.716. The maximum Gasteiger partial charge on any atom is 0.282 e. The quantitative estimate of drug-likeness (QED) is 0.811. The van der Waals surface area contributed by atoms with E-state index in [-0.39, 0.29) is 44.7 Å². The summed E-state index contributed by atoms with van der Waals surface area (Å²) in [6, 6.07) is 6.07. The van der Waals surface area contributed by atoms with E-state index in [4.69, 9.17) is 0 Å². The topological polar surface area (TPSA) is 29.1 Å². The van der Waals surface area contributed by atoms with Gasteiger partial charge in [-0.1, -0.05) is 25.1 Å². The molecule has 0 heterocycles. The van der Waals surface area contributed by atoms with Crippen LogP contribution in [0.25, 0.3) is 0 Å². The number of nitrogens with zero attached hydrogens (tertiary/aromatic N) is 1. The number of hydrogen-bond donors (Lipinski definition) is 1. The summed E-state index contributed by atoms with van der Waals surface area (Å²) in [6.07, 6.45) is 0.845. The number of rotatable bonds is 5. The molecule has 0 saturated heterocycles. The molecule has 1 N–H and O–H groups in total. The number of carbonyl (C=O) groups excluding carboxylic acids is 1. The van der Waals surface area contributed by atoms with Gasteiger partial charge in [-0.2, -0.15) is 0 Å². The number of benzene rings is 1. The van der Waals surface area contributed by atoms with Crippen molar-refractivity contribution in [3.8, 4) is 0 Å². The van der Waals surface area contributed by atoms with Crippen LogP contribution >= 0.6 is 0 Å². The van der Waals surface area contributed by atoms with Crippen molar-refractivity contribution < 1.29 is 42.0 Å². The molecule has 109 valence electrons. The van der Waals surface area contributed by atoms with Crippen LogP contribution in [0.2, 0.25) is 0 Å². The molecule has 4 heteroatoms. The Balaban J connectivity index is 0.00000361. The normalized spacial score (nSPS) is 12.5. The Morgan fingerprint density at radius 3 is 2.10 bits per heavy atom. The number of carbonyl (C=O) groups is 1. The second-order valence-electron chi connectivity index (χ2n) is 5.77. The van der Waals surface area contributed by atoms with Gasteiger partial charge in [0.15, 0.2) is 6.04 Å². The molecule has 1 radical (unpaired) electrons. The Morgan fingerprint density at radius 2 is 1.70 bits per heavy atom. The van der Waals surface area contributed by atoms with Gasteiger partial charge in [-0.3, -0.25) is 4.79 Å². The number of quaternary nitrogens is 1. The van der Waals surface area contributed by atoms with Gasteiger partial charge in [-0.05, 0) is 31.9 Å². The summed E-state index contributed by atoms with van der Waals surface area (Å²) in [5.74, 6) is 0.117. The first-order valence-electron chi connectivity index (χ1n) is 7.03. The van der Waals surface area contributed by atoms with Crippen LogP contribution < -0.4 is 5.32 Å². The van der Waals surface area contributed by atoms with Crippen LogP contribution in [0.15, 0.2) is 18.2 Å². The second-order valence-corrected chi connectivity index (χ2v) is 5.77. The van der Waals surface area contributed by atoms with E-state index in [9.17, 15) is 4.79 Å². The van der Waals surface area contributed by atoms with E-state index in [1.807, 2.05) is 32.0 Å². The molecule has 1 rings (SSSR count). The molecule has 0 aliphatic carbocycles. The Kier molecular flexibility index (Phi) is 8.16. The number of nitrogens with one attached hydrogen (secondary N) is 1. The minimum Gasteiger partial charge on any atom is -0.320 e. The fraction of sp³-hybridized carbons (Fsp3) is 0.562. The molecule has 0 bridgehead atoms. The van der Waals surface area contributed by atoms with Crippen LogP contribution in [0.3, 0.4) is 0 Å². The fourth-order valence-corrected chi connectivity index (χ4v) is 2.44. The van der Waals surface area contributed by atoms with Gasteiger partial charge in [-0.25, -0.2) is 0 Å². The van der Waals surface area contributed by atoms with E-state index >= 15 is 0 Å². The summed E-state index contributed by atoms with van der Waals surface area (Å²) in [5, 5.41) is 3.12. The van der Waals surface area contributed by atoms with E-state index < -0.39 is 0 Å². The van der Waals surface area contributed by atoms with Crippen LogP contribution in [0.5, 0.6) is 0 Å². The van der Waals surface area contributed by atoms with Gasteiger partial charge in [0.2, 0.25) is 0 Å². The summed E-state index contributed by atoms with van der Waals surface area (Å²) in [7, 11) is 4.22. The van der Waals surface area contributed by atoms with Crippen molar-refractivity contribution in [3.63, 3.8) is 0 Å². The van der Waals surface area contributed by atoms with E-state index in [2.05, 4.69) is 33.3 Å². The van der Waals surface area contributed by atoms with E-state index in [1.54, 1.807) is 0 Å². The predicted molar refractivity (Wildman–Crippen MR) is 81.3 cm³/mol. The van der Waals surface area contributed by atoms with Crippen molar-refractivity contribution in [3.05, 3.63) is 29.3 Å². The number of para-hydroxylation sites is 1. The standard InChI is InChI=1S/C16H26N2O.Y/c1-7-14(18(5,6)8-2)16(19)17-15-12(3)10-9-11-13(15)4;/h9-11,14H,7-8H2,1-6H3;/p+1. The summed E-state index contributed by atoms with van der Waals surface area (Å²) >= 11 is 0. The molecule has 0 aromatic heterocycles. The van der Waals surface area contributed by atoms with Gasteiger partial charge in [0.05, 0.1) is 20.6 Å². The summed E-state index contributed by atoms with van der Waals surface area (Å²) in [6.45, 7) is 9.20. The van der Waals surface area contributed by atoms with Crippen LogP contribution in [-0.4, -0.2) is 37.1 Å². The fourth-order valence-electron chi connectivity index (χ4n) is 2.44. The molecule has 1 atom stereocenters. The zero-order valence-electron chi connectivity index (χ0n) is 13.7. The van der Waals surface area contributed by atoms with Crippen molar-refractivity contribution in [2.45, 2.75) is 40.2 Å². The number of amides is 1. The summed E-state index contributed by atoms with van der Waals surface area (Å²) in [5.41, 5.74) is 3.19. The smallest absolute Gasteiger partial charge is 0.282 e. The first-order chi connectivity index (χ1) is 8.83. The second kappa shape index (κ2) is 8.26. The monoisotopic (exact) mass is 352 g/mol. The van der Waals surface area contributed by atoms with E-state index in [1.165, 1.54) is 0 Å². The Bertz CT molecular complexity index is 438. The molecule has 1 amide bonds. The van der Waals surface area contributed by atoms with Crippen molar-refractivity contribution >= 4 is 11.6 Å². The zero-order valence-corrected chi connectivity index (χ0v) is 16.5. The van der Waals surface area contributed by atoms with Crippen molar-refractivity contribution in [1.29, 1.82) is 0 Å². The predicted octanol–water partition coefficient (Wildman–Crippen LogP) is 3.11. The third-order valence-electron chi connectivity index (χ3n) is 4.08. The molecule has 0 aliphatic rings. The van der Waals surface area contributed by atoms with Crippen molar-refractivity contribution in [2.75, 3.05) is 26.0 Å². The molecular formula is C16H27N2OY+. The number of anilines is 1. The van der Waals surface area contributed by atoms with Gasteiger partial charge >= 0.3 is 0 Å². The molecule has 1 aromatic rings. The molecule has 3 nitrogen and oxygen atoms in total. The number of likely N-dealkylation sites (N-methyl/N-ethyl adjacent to an activating group) is 1. The maximum absolute atomic E-state index is 12.5. The molecule has 20 heavy (non-hydrogen) atoms. The van der Waals surface area contributed by atoms with Gasteiger partial charge in [0, 0.05) is 44.8 Å². The SMILES string of the molecule is CCC(C(=O)Nc1c(C)cccc1C)[N+](C)(C)CC.[Y]. The van der Waals surface area contributed by atoms with Gasteiger partial charge in [0.25, 0.3) is 5.91 Å². The first-order valence-corrected chi connectivity index (χ1v) is 7.03. The molecular weight excluding hydrogens is 325 g/mol. The van der Waals surface area contributed by atoms with Crippen LogP contribution in [-0.2, 0) is 37.5 Å². The van der Waals surface area contributed by atoms with E-state index in [0.717, 1.165) is 29.8 Å². The van der Waals surface area contributed by atoms with Crippen LogP contribution in [0, 0.1) is 13.8 Å². The summed E-state index contributed by atoms with van der Waals surface area (Å²) in [4.78, 5) is 12.5. The van der Waals surface area contributed by atoms with E-state index in [0.29, 0.717) is 4.48 Å². The minimum absolute atomic E-state index is 0. The number of hydrogen-bond acceptors (Lipinski definition) is 1. The molecule has 1 aromatic carbocycles. The first kappa shape index (κ1) is 19.8. The zero-order chi connectivity index (χ0) is 14.6. The third-order valence-corrected chi connectivity index (χ3v) is 4.08. The van der Waals surface area contributed by atoms with Crippen molar-refractivity contribution in [1.82, 2.24) is 0 Å².